The Hall–Kier alpha value is -6.89. The Morgan fingerprint density at radius 3 is 0.905 bits per heavy atom. The number of rotatable bonds is 7. The second-order valence-corrected chi connectivity index (χ2v) is 24.7. The van der Waals surface area contributed by atoms with Crippen molar-refractivity contribution in [3.05, 3.63) is 260 Å². The summed E-state index contributed by atoms with van der Waals surface area (Å²) in [4.78, 5) is 0. The molecule has 1 heterocycles. The molecule has 0 amide bonds. The summed E-state index contributed by atoms with van der Waals surface area (Å²) >= 11 is 0. The quantitative estimate of drug-likeness (QED) is 0.156. The number of aryl methyl sites for hydroxylation is 6. The fourth-order valence-electron chi connectivity index (χ4n) is 7.50. The van der Waals surface area contributed by atoms with Gasteiger partial charge in [0.25, 0.3) is 0 Å². The molecule has 0 spiro atoms. The minimum Gasteiger partial charge on any atom is -0.508 e. The van der Waals surface area contributed by atoms with Crippen molar-refractivity contribution < 1.29 is 5.11 Å². The van der Waals surface area contributed by atoms with Gasteiger partial charge < -0.3 is 5.11 Å². The molecule has 0 radical (unpaired) electrons. The van der Waals surface area contributed by atoms with Crippen molar-refractivity contribution in [2.75, 3.05) is 0 Å². The number of terminal acetylenes is 1. The SMILES string of the molecule is C.C.C.C#Cc1cccc(C(C)(C)C)c1.CC(C)c1ccc(O)cc1.Cc1cc(C(C)C)n[nH]1.Cc1ccc(C(C)C)cc1.Cc1ccc(C(C)C)cc1.Cc1ccc(C(C)C)cc1.Cc1ccc(C(C)C)cc1.Cc1cccc(C(C)C)c1. The summed E-state index contributed by atoms with van der Waals surface area (Å²) in [5.74, 6) is 7.32. The van der Waals surface area contributed by atoms with Gasteiger partial charge in [0.1, 0.15) is 5.75 Å². The number of phenols is 1. The third kappa shape index (κ3) is 35.3. The van der Waals surface area contributed by atoms with Gasteiger partial charge in [0, 0.05) is 11.3 Å². The van der Waals surface area contributed by atoms with Crippen molar-refractivity contribution in [3.8, 4) is 18.1 Å². The molecule has 0 aliphatic carbocycles. The number of aromatic hydroxyl groups is 1. The molecule has 0 saturated heterocycles. The van der Waals surface area contributed by atoms with E-state index in [2.05, 4.69) is 308 Å². The van der Waals surface area contributed by atoms with Gasteiger partial charge in [-0.1, -0.05) is 319 Å². The minimum absolute atomic E-state index is 0. The lowest BCUT2D eigenvalue weighted by Crippen LogP contribution is -2.10. The van der Waals surface area contributed by atoms with Gasteiger partial charge in [0.15, 0.2) is 0 Å². The fraction of sp³-hybridized carbons (Fsp3) is 0.420. The van der Waals surface area contributed by atoms with E-state index in [0.29, 0.717) is 47.2 Å². The molecule has 0 aliphatic heterocycles. The van der Waals surface area contributed by atoms with Crippen LogP contribution in [0.4, 0.5) is 0 Å². The van der Waals surface area contributed by atoms with Crippen LogP contribution in [0.1, 0.15) is 265 Å². The molecular formula is C81H120N2O. The molecule has 0 saturated carbocycles. The van der Waals surface area contributed by atoms with Crippen LogP contribution in [-0.2, 0) is 5.41 Å². The molecule has 460 valence electrons. The van der Waals surface area contributed by atoms with Gasteiger partial charge in [-0.2, -0.15) is 5.10 Å². The first-order chi connectivity index (χ1) is 37.9. The normalized spacial score (nSPS) is 10.1. The van der Waals surface area contributed by atoms with Crippen LogP contribution in [0.2, 0.25) is 0 Å². The zero-order valence-electron chi connectivity index (χ0n) is 54.8. The summed E-state index contributed by atoms with van der Waals surface area (Å²) in [5.41, 5.74) is 19.8. The molecule has 0 atom stereocenters. The summed E-state index contributed by atoms with van der Waals surface area (Å²) in [6.45, 7) is 49.8. The molecule has 0 fully saturated rings. The number of nitrogens with zero attached hydrogens (tertiary/aromatic N) is 1. The number of phenolic OH excluding ortho intramolecular Hbond substituents is 1. The first kappa shape index (κ1) is 81.3. The number of H-pyrrole nitrogens is 1. The van der Waals surface area contributed by atoms with Gasteiger partial charge in [-0.25, -0.2) is 0 Å². The van der Waals surface area contributed by atoms with Crippen molar-refractivity contribution in [1.29, 1.82) is 0 Å². The van der Waals surface area contributed by atoms with Gasteiger partial charge in [-0.3, -0.25) is 5.10 Å². The largest absolute Gasteiger partial charge is 0.508 e. The Kier molecular flexibility index (Phi) is 41.5. The number of nitrogens with one attached hydrogen (secondary N) is 1. The maximum Gasteiger partial charge on any atom is 0.115 e. The van der Waals surface area contributed by atoms with Crippen molar-refractivity contribution in [3.63, 3.8) is 0 Å². The molecule has 0 unspecified atom stereocenters. The van der Waals surface area contributed by atoms with Gasteiger partial charge in [-0.05, 0) is 158 Å². The smallest absolute Gasteiger partial charge is 0.115 e. The van der Waals surface area contributed by atoms with Crippen LogP contribution in [0, 0.1) is 53.9 Å². The van der Waals surface area contributed by atoms with Gasteiger partial charge >= 0.3 is 0 Å². The Balaban J connectivity index is -0.000000889. The van der Waals surface area contributed by atoms with E-state index in [1.165, 1.54) is 66.8 Å². The molecule has 3 nitrogen and oxygen atoms in total. The molecule has 2 N–H and O–H groups in total. The Bertz CT molecular complexity index is 2630. The number of benzene rings is 7. The van der Waals surface area contributed by atoms with E-state index in [4.69, 9.17) is 11.5 Å². The number of hydrogen-bond donors (Lipinski definition) is 2. The molecule has 1 aromatic heterocycles. The van der Waals surface area contributed by atoms with E-state index < -0.39 is 0 Å². The van der Waals surface area contributed by atoms with Crippen LogP contribution in [0.25, 0.3) is 0 Å². The average Bonchev–Trinajstić information content (AvgIpc) is 3.98. The van der Waals surface area contributed by atoms with Crippen LogP contribution < -0.4 is 0 Å². The van der Waals surface area contributed by atoms with E-state index in [-0.39, 0.29) is 27.7 Å². The van der Waals surface area contributed by atoms with E-state index in [0.717, 1.165) is 17.0 Å². The minimum atomic E-state index is 0. The lowest BCUT2D eigenvalue weighted by atomic mass is 9.86. The molecule has 7 aromatic carbocycles. The fourth-order valence-corrected chi connectivity index (χ4v) is 7.50. The highest BCUT2D eigenvalue weighted by Crippen LogP contribution is 2.23. The molecule has 3 heteroatoms. The predicted molar refractivity (Wildman–Crippen MR) is 379 cm³/mol. The van der Waals surface area contributed by atoms with Gasteiger partial charge in [0.2, 0.25) is 0 Å². The standard InChI is InChI=1S/C12H14.5C10H14.C9H12O.C7H12N2.3CH4/c1-5-10-7-6-8-11(9-10)12(2,3)4;4*1-8(2)10-6-4-9(3)5-7-10;1-8(2)10-6-4-5-9(3)7-10;1-7(2)8-3-5-9(10)6-4-8;1-5(2)7-4-6(3)8-9-7;;;/h1,6-9H,2-4H3;5*4-8H,1-3H3;3-7,10H,1-2H3;4-5H,1-3H3,(H,8,9);3*1H4. The molecule has 0 bridgehead atoms. The second-order valence-electron chi connectivity index (χ2n) is 24.7. The first-order valence-corrected chi connectivity index (χ1v) is 29.6. The number of aromatic nitrogens is 2. The molecule has 84 heavy (non-hydrogen) atoms. The summed E-state index contributed by atoms with van der Waals surface area (Å²) in [6.07, 6.45) is 5.31. The number of aromatic amines is 1. The Labute approximate surface area is 518 Å². The van der Waals surface area contributed by atoms with Crippen LogP contribution in [0.3, 0.4) is 0 Å². The predicted octanol–water partition coefficient (Wildman–Crippen LogP) is 24.8. The van der Waals surface area contributed by atoms with Crippen LogP contribution in [0.15, 0.2) is 176 Å². The number of hydrogen-bond acceptors (Lipinski definition) is 2. The summed E-state index contributed by atoms with van der Waals surface area (Å²) in [5, 5.41) is 15.9. The van der Waals surface area contributed by atoms with Crippen LogP contribution in [-0.4, -0.2) is 15.3 Å². The maximum absolute atomic E-state index is 8.94. The highest BCUT2D eigenvalue weighted by Gasteiger charge is 2.13. The van der Waals surface area contributed by atoms with Crippen molar-refractivity contribution in [2.45, 2.75) is 228 Å². The topological polar surface area (TPSA) is 48.9 Å². The van der Waals surface area contributed by atoms with Crippen molar-refractivity contribution >= 4 is 0 Å². The first-order valence-electron chi connectivity index (χ1n) is 29.6. The highest BCUT2D eigenvalue weighted by atomic mass is 16.3. The average molecular weight is 1140 g/mol. The third-order valence-corrected chi connectivity index (χ3v) is 13.5. The lowest BCUT2D eigenvalue weighted by molar-refractivity contribution is 0.475. The molecule has 0 aliphatic rings. The van der Waals surface area contributed by atoms with Crippen molar-refractivity contribution in [2.24, 2.45) is 0 Å². The van der Waals surface area contributed by atoms with E-state index in [1.54, 1.807) is 12.1 Å². The summed E-state index contributed by atoms with van der Waals surface area (Å²) in [6, 6.07) is 61.1. The van der Waals surface area contributed by atoms with Gasteiger partial charge in [0.05, 0.1) is 5.69 Å². The Morgan fingerprint density at radius 2 is 0.679 bits per heavy atom. The Morgan fingerprint density at radius 1 is 0.369 bits per heavy atom. The second kappa shape index (κ2) is 42.8. The molecule has 8 aromatic rings. The highest BCUT2D eigenvalue weighted by molar-refractivity contribution is 5.38. The van der Waals surface area contributed by atoms with Crippen LogP contribution >= 0.6 is 0 Å². The monoisotopic (exact) mass is 1140 g/mol. The zero-order valence-corrected chi connectivity index (χ0v) is 54.8. The third-order valence-electron chi connectivity index (χ3n) is 13.5. The zero-order chi connectivity index (χ0) is 61.4. The van der Waals surface area contributed by atoms with E-state index in [1.807, 2.05) is 31.2 Å². The van der Waals surface area contributed by atoms with E-state index in [9.17, 15) is 0 Å². The molecule has 8 rings (SSSR count). The van der Waals surface area contributed by atoms with Gasteiger partial charge in [-0.15, -0.1) is 6.42 Å². The molecular weight excluding hydrogens is 1020 g/mol. The lowest BCUT2D eigenvalue weighted by Gasteiger charge is -2.18. The van der Waals surface area contributed by atoms with Crippen molar-refractivity contribution in [1.82, 2.24) is 10.2 Å². The summed E-state index contributed by atoms with van der Waals surface area (Å²) in [7, 11) is 0. The summed E-state index contributed by atoms with van der Waals surface area (Å²) < 4.78 is 0. The van der Waals surface area contributed by atoms with Crippen LogP contribution in [0.5, 0.6) is 5.75 Å². The maximum atomic E-state index is 8.94. The van der Waals surface area contributed by atoms with E-state index >= 15 is 0 Å².